The molecule has 0 aliphatic carbocycles. The van der Waals surface area contributed by atoms with Gasteiger partial charge in [-0.05, 0) is 19.3 Å². The summed E-state index contributed by atoms with van der Waals surface area (Å²) < 4.78 is 0. The van der Waals surface area contributed by atoms with Gasteiger partial charge < -0.3 is 10.6 Å². The highest BCUT2D eigenvalue weighted by molar-refractivity contribution is 5.93. The van der Waals surface area contributed by atoms with Crippen LogP contribution in [0.1, 0.15) is 46.5 Å². The van der Waals surface area contributed by atoms with Crippen LogP contribution in [-0.4, -0.2) is 24.9 Å². The Bertz CT molecular complexity index is 273. The zero-order valence-corrected chi connectivity index (χ0v) is 11.1. The van der Waals surface area contributed by atoms with Crippen LogP contribution in [0.4, 0.5) is 0 Å². The standard InChI is InChI=1S/C13H24N2O2/c1-4-7-12(8-5-2)13(17)15-10-6-9-14-11(3)16/h7H,4-6,8-10H2,1-3H3,(H,14,16)(H,15,17)/b12-7-. The van der Waals surface area contributed by atoms with E-state index in [1.807, 2.05) is 13.0 Å². The second-order valence-corrected chi connectivity index (χ2v) is 3.98. The van der Waals surface area contributed by atoms with Crippen LogP contribution in [0.25, 0.3) is 0 Å². The number of allylic oxidation sites excluding steroid dienone is 1. The van der Waals surface area contributed by atoms with E-state index < -0.39 is 0 Å². The smallest absolute Gasteiger partial charge is 0.246 e. The Morgan fingerprint density at radius 1 is 1.12 bits per heavy atom. The van der Waals surface area contributed by atoms with Crippen molar-refractivity contribution in [1.29, 1.82) is 0 Å². The minimum atomic E-state index is -0.0334. The van der Waals surface area contributed by atoms with E-state index in [4.69, 9.17) is 0 Å². The molecule has 0 radical (unpaired) electrons. The molecule has 0 aromatic rings. The second kappa shape index (κ2) is 9.87. The van der Waals surface area contributed by atoms with Gasteiger partial charge >= 0.3 is 0 Å². The molecule has 17 heavy (non-hydrogen) atoms. The van der Waals surface area contributed by atoms with E-state index in [0.717, 1.165) is 31.3 Å². The van der Waals surface area contributed by atoms with Gasteiger partial charge in [-0.15, -0.1) is 0 Å². The van der Waals surface area contributed by atoms with Crippen molar-refractivity contribution in [2.45, 2.75) is 46.5 Å². The van der Waals surface area contributed by atoms with Gasteiger partial charge in [0, 0.05) is 25.6 Å². The fraction of sp³-hybridized carbons (Fsp3) is 0.692. The van der Waals surface area contributed by atoms with Crippen molar-refractivity contribution in [2.75, 3.05) is 13.1 Å². The lowest BCUT2D eigenvalue weighted by atomic mass is 10.1. The number of hydrogen-bond donors (Lipinski definition) is 2. The largest absolute Gasteiger partial charge is 0.356 e. The summed E-state index contributed by atoms with van der Waals surface area (Å²) in [5, 5.41) is 5.56. The first kappa shape index (κ1) is 15.7. The number of carbonyl (C=O) groups excluding carboxylic acids is 2. The fourth-order valence-corrected chi connectivity index (χ4v) is 1.49. The van der Waals surface area contributed by atoms with E-state index >= 15 is 0 Å². The quantitative estimate of drug-likeness (QED) is 0.502. The Morgan fingerprint density at radius 3 is 2.29 bits per heavy atom. The Balaban J connectivity index is 3.82. The van der Waals surface area contributed by atoms with Crippen LogP contribution < -0.4 is 10.6 Å². The van der Waals surface area contributed by atoms with Crippen molar-refractivity contribution in [3.8, 4) is 0 Å². The number of hydrogen-bond acceptors (Lipinski definition) is 2. The van der Waals surface area contributed by atoms with Crippen molar-refractivity contribution in [1.82, 2.24) is 10.6 Å². The van der Waals surface area contributed by atoms with Gasteiger partial charge in [-0.3, -0.25) is 9.59 Å². The van der Waals surface area contributed by atoms with E-state index in [9.17, 15) is 9.59 Å². The summed E-state index contributed by atoms with van der Waals surface area (Å²) in [4.78, 5) is 22.4. The summed E-state index contributed by atoms with van der Waals surface area (Å²) in [6.45, 7) is 6.79. The van der Waals surface area contributed by atoms with E-state index in [-0.39, 0.29) is 11.8 Å². The molecule has 0 spiro atoms. The zero-order chi connectivity index (χ0) is 13.1. The molecule has 2 amide bonds. The minimum Gasteiger partial charge on any atom is -0.356 e. The Kier molecular flexibility index (Phi) is 9.11. The lowest BCUT2D eigenvalue weighted by Gasteiger charge is -2.08. The van der Waals surface area contributed by atoms with Gasteiger partial charge in [-0.2, -0.15) is 0 Å². The molecule has 0 aromatic carbocycles. The average Bonchev–Trinajstić information content (AvgIpc) is 2.27. The van der Waals surface area contributed by atoms with Crippen molar-refractivity contribution in [3.63, 3.8) is 0 Å². The van der Waals surface area contributed by atoms with Crippen LogP contribution in [0.3, 0.4) is 0 Å². The third-order valence-corrected chi connectivity index (χ3v) is 2.27. The molecule has 0 aromatic heterocycles. The third-order valence-electron chi connectivity index (χ3n) is 2.27. The van der Waals surface area contributed by atoms with Crippen LogP contribution in [-0.2, 0) is 9.59 Å². The maximum absolute atomic E-state index is 11.8. The second-order valence-electron chi connectivity index (χ2n) is 3.98. The summed E-state index contributed by atoms with van der Waals surface area (Å²) >= 11 is 0. The summed E-state index contributed by atoms with van der Waals surface area (Å²) in [6.07, 6.45) is 5.43. The number of amides is 2. The lowest BCUT2D eigenvalue weighted by molar-refractivity contribution is -0.119. The number of nitrogens with one attached hydrogen (secondary N) is 2. The molecular weight excluding hydrogens is 216 g/mol. The number of carbonyl (C=O) groups is 2. The van der Waals surface area contributed by atoms with E-state index in [2.05, 4.69) is 17.6 Å². The topological polar surface area (TPSA) is 58.2 Å². The third kappa shape index (κ3) is 8.48. The van der Waals surface area contributed by atoms with Crippen molar-refractivity contribution < 1.29 is 9.59 Å². The summed E-state index contributed by atoms with van der Waals surface area (Å²) in [7, 11) is 0. The van der Waals surface area contributed by atoms with E-state index in [1.165, 1.54) is 6.92 Å². The normalized spacial score (nSPS) is 11.1. The summed E-state index contributed by atoms with van der Waals surface area (Å²) in [6, 6.07) is 0. The number of rotatable bonds is 8. The Morgan fingerprint density at radius 2 is 1.76 bits per heavy atom. The van der Waals surface area contributed by atoms with E-state index in [0.29, 0.717) is 13.1 Å². The molecule has 0 saturated carbocycles. The first-order chi connectivity index (χ1) is 8.11. The monoisotopic (exact) mass is 240 g/mol. The zero-order valence-electron chi connectivity index (χ0n) is 11.1. The first-order valence-electron chi connectivity index (χ1n) is 6.33. The highest BCUT2D eigenvalue weighted by Gasteiger charge is 2.06. The highest BCUT2D eigenvalue weighted by Crippen LogP contribution is 2.05. The van der Waals surface area contributed by atoms with Crippen molar-refractivity contribution in [2.24, 2.45) is 0 Å². The molecule has 0 aliphatic heterocycles. The molecule has 4 heteroatoms. The molecule has 0 heterocycles. The first-order valence-corrected chi connectivity index (χ1v) is 6.33. The van der Waals surface area contributed by atoms with Crippen LogP contribution >= 0.6 is 0 Å². The van der Waals surface area contributed by atoms with Crippen LogP contribution in [0.2, 0.25) is 0 Å². The molecule has 4 nitrogen and oxygen atoms in total. The molecule has 0 saturated heterocycles. The molecule has 98 valence electrons. The van der Waals surface area contributed by atoms with Gasteiger partial charge in [0.2, 0.25) is 11.8 Å². The molecule has 0 fully saturated rings. The molecule has 0 atom stereocenters. The van der Waals surface area contributed by atoms with Gasteiger partial charge in [0.25, 0.3) is 0 Å². The Labute approximate surface area is 104 Å². The molecule has 0 aliphatic rings. The van der Waals surface area contributed by atoms with Crippen LogP contribution in [0.5, 0.6) is 0 Å². The maximum Gasteiger partial charge on any atom is 0.246 e. The fourth-order valence-electron chi connectivity index (χ4n) is 1.49. The average molecular weight is 240 g/mol. The van der Waals surface area contributed by atoms with Gasteiger partial charge in [0.1, 0.15) is 0 Å². The summed E-state index contributed by atoms with van der Waals surface area (Å²) in [5.41, 5.74) is 0.870. The minimum absolute atomic E-state index is 0.0246. The SMILES string of the molecule is CC/C=C(/CCC)C(=O)NCCCNC(C)=O. The van der Waals surface area contributed by atoms with Gasteiger partial charge in [0.15, 0.2) is 0 Å². The lowest BCUT2D eigenvalue weighted by Crippen LogP contribution is -2.29. The molecule has 0 unspecified atom stereocenters. The highest BCUT2D eigenvalue weighted by atomic mass is 16.2. The maximum atomic E-state index is 11.8. The molecule has 0 bridgehead atoms. The summed E-state index contributed by atoms with van der Waals surface area (Å²) in [5.74, 6) is -0.00889. The van der Waals surface area contributed by atoms with Gasteiger partial charge in [-0.1, -0.05) is 26.3 Å². The molecule has 0 rings (SSSR count). The van der Waals surface area contributed by atoms with Crippen molar-refractivity contribution in [3.05, 3.63) is 11.6 Å². The van der Waals surface area contributed by atoms with E-state index in [1.54, 1.807) is 0 Å². The van der Waals surface area contributed by atoms with Gasteiger partial charge in [-0.25, -0.2) is 0 Å². The van der Waals surface area contributed by atoms with Gasteiger partial charge in [0.05, 0.1) is 0 Å². The van der Waals surface area contributed by atoms with Crippen LogP contribution in [0.15, 0.2) is 11.6 Å². The Hall–Kier alpha value is -1.32. The predicted molar refractivity (Wildman–Crippen MR) is 69.6 cm³/mol. The molecule has 2 N–H and O–H groups in total. The molecular formula is C13H24N2O2. The van der Waals surface area contributed by atoms with Crippen molar-refractivity contribution >= 4 is 11.8 Å². The predicted octanol–water partition coefficient (Wildman–Crippen LogP) is 1.77. The van der Waals surface area contributed by atoms with Crippen LogP contribution in [0, 0.1) is 0 Å².